The Hall–Kier alpha value is -0.480. The Morgan fingerprint density at radius 3 is 1.84 bits per heavy atom. The van der Waals surface area contributed by atoms with Gasteiger partial charge in [-0.15, -0.1) is 0 Å². The maximum Gasteiger partial charge on any atom is 0.170 e. The number of halogens is 4. The quantitative estimate of drug-likeness (QED) is 0.369. The lowest BCUT2D eigenvalue weighted by Gasteiger charge is -2.58. The van der Waals surface area contributed by atoms with Crippen LogP contribution in [0.25, 0.3) is 0 Å². The number of para-hydroxylation sites is 2. The minimum atomic E-state index is 0.127. The van der Waals surface area contributed by atoms with Gasteiger partial charge in [0.05, 0.1) is 32.5 Å². The van der Waals surface area contributed by atoms with Gasteiger partial charge >= 0.3 is 0 Å². The van der Waals surface area contributed by atoms with Crippen LogP contribution in [-0.2, 0) is 0 Å². The molecule has 0 radical (unpaired) electrons. The van der Waals surface area contributed by atoms with Crippen molar-refractivity contribution in [1.29, 1.82) is 0 Å². The number of hydrogen-bond donors (Lipinski definition) is 0. The highest BCUT2D eigenvalue weighted by Crippen LogP contribution is 2.69. The van der Waals surface area contributed by atoms with E-state index in [9.17, 15) is 0 Å². The monoisotopic (exact) mass is 498 g/mol. The van der Waals surface area contributed by atoms with Crippen molar-refractivity contribution in [3.8, 4) is 0 Å². The molecule has 8 atom stereocenters. The van der Waals surface area contributed by atoms with E-state index in [2.05, 4.69) is 34.9 Å². The largest absolute Gasteiger partial charge is 0.286 e. The minimum absolute atomic E-state index is 0.127. The third kappa shape index (κ3) is 2.56. The molecule has 5 rings (SSSR count). The van der Waals surface area contributed by atoms with Crippen LogP contribution in [0, 0.1) is 11.8 Å². The molecule has 3 heterocycles. The van der Waals surface area contributed by atoms with Crippen molar-refractivity contribution in [3.63, 3.8) is 0 Å². The van der Waals surface area contributed by atoms with Gasteiger partial charge in [0.15, 0.2) is 11.4 Å². The molecule has 0 saturated carbocycles. The van der Waals surface area contributed by atoms with Crippen LogP contribution in [0.1, 0.15) is 33.6 Å². The molecular formula is C25H30Cl4N2+2. The smallest absolute Gasteiger partial charge is 0.170 e. The standard InChI is InChI=1S/C25H30Cl4N2/c1-14-12-16-22(15(2)30(14,4)23-17(26)8-6-9-18(23)27)21-13-25(16,3)31(21,5)24-19(28)10-7-11-20(24)29/h6-11,14-16,21-22H,12-13H2,1-5H3/q+2. The molecule has 0 N–H and O–H groups in total. The van der Waals surface area contributed by atoms with E-state index < -0.39 is 0 Å². The summed E-state index contributed by atoms with van der Waals surface area (Å²) < 4.78 is 1.59. The van der Waals surface area contributed by atoms with Gasteiger partial charge in [-0.25, -0.2) is 0 Å². The Kier molecular flexibility index (Phi) is 5.05. The van der Waals surface area contributed by atoms with Crippen molar-refractivity contribution in [3.05, 3.63) is 56.5 Å². The summed E-state index contributed by atoms with van der Waals surface area (Å²) in [4.78, 5) is 0. The molecule has 3 saturated heterocycles. The fraction of sp³-hybridized carbons (Fsp3) is 0.520. The van der Waals surface area contributed by atoms with Gasteiger partial charge in [0.25, 0.3) is 0 Å². The van der Waals surface area contributed by atoms with Gasteiger partial charge in [-0.3, -0.25) is 8.97 Å². The molecule has 2 nitrogen and oxygen atoms in total. The summed E-state index contributed by atoms with van der Waals surface area (Å²) in [6.45, 7) is 7.21. The third-order valence-corrected chi connectivity index (χ3v) is 11.0. The summed E-state index contributed by atoms with van der Waals surface area (Å²) in [6.07, 6.45) is 2.34. The number of nitrogens with zero attached hydrogens (tertiary/aromatic N) is 2. The number of fused-ring (bicyclic) bond motifs is 5. The normalized spacial score (nSPS) is 43.5. The summed E-state index contributed by atoms with van der Waals surface area (Å²) in [6, 6.07) is 13.0. The topological polar surface area (TPSA) is 0 Å². The summed E-state index contributed by atoms with van der Waals surface area (Å²) in [5.41, 5.74) is 2.27. The second-order valence-electron chi connectivity index (χ2n) is 10.5. The Balaban J connectivity index is 1.65. The molecule has 3 aliphatic heterocycles. The molecular weight excluding hydrogens is 470 g/mol. The Morgan fingerprint density at radius 1 is 0.839 bits per heavy atom. The first-order valence-electron chi connectivity index (χ1n) is 11.1. The zero-order chi connectivity index (χ0) is 22.5. The van der Waals surface area contributed by atoms with Gasteiger partial charge in [-0.05, 0) is 45.0 Å². The number of piperidine rings is 1. The lowest BCUT2D eigenvalue weighted by atomic mass is 9.73. The number of hydrogen-bond acceptors (Lipinski definition) is 0. The maximum atomic E-state index is 6.76. The first kappa shape index (κ1) is 22.3. The highest BCUT2D eigenvalue weighted by Gasteiger charge is 2.81. The Bertz CT molecular complexity index is 981. The fourth-order valence-corrected chi connectivity index (χ4v) is 9.37. The molecule has 0 spiro atoms. The molecule has 31 heavy (non-hydrogen) atoms. The number of likely N-dealkylation sites (tertiary alicyclic amines) is 1. The van der Waals surface area contributed by atoms with Crippen molar-refractivity contribution in [2.45, 2.75) is 57.3 Å². The van der Waals surface area contributed by atoms with E-state index in [0.717, 1.165) is 46.9 Å². The van der Waals surface area contributed by atoms with Crippen molar-refractivity contribution >= 4 is 57.8 Å². The third-order valence-electron chi connectivity index (χ3n) is 9.79. The van der Waals surface area contributed by atoms with Crippen LogP contribution in [-0.4, -0.2) is 37.8 Å². The Morgan fingerprint density at radius 2 is 1.32 bits per heavy atom. The van der Waals surface area contributed by atoms with E-state index in [1.807, 2.05) is 36.4 Å². The van der Waals surface area contributed by atoms with Gasteiger partial charge in [-0.2, -0.15) is 0 Å². The number of quaternary nitrogens is 2. The van der Waals surface area contributed by atoms with Crippen molar-refractivity contribution < 1.29 is 0 Å². The summed E-state index contributed by atoms with van der Waals surface area (Å²) in [5, 5.41) is 3.07. The highest BCUT2D eigenvalue weighted by atomic mass is 35.5. The lowest BCUT2D eigenvalue weighted by molar-refractivity contribution is 0.0122. The second kappa shape index (κ2) is 7.01. The zero-order valence-electron chi connectivity index (χ0n) is 18.7. The second-order valence-corrected chi connectivity index (χ2v) is 12.1. The van der Waals surface area contributed by atoms with Gasteiger partial charge < -0.3 is 0 Å². The lowest BCUT2D eigenvalue weighted by Crippen LogP contribution is -2.74. The van der Waals surface area contributed by atoms with Crippen molar-refractivity contribution in [2.75, 3.05) is 14.1 Å². The predicted molar refractivity (Wildman–Crippen MR) is 136 cm³/mol. The average Bonchev–Trinajstić information content (AvgIpc) is 3.10. The van der Waals surface area contributed by atoms with Crippen LogP contribution in [0.2, 0.25) is 20.1 Å². The molecule has 2 aromatic rings. The summed E-state index contributed by atoms with van der Waals surface area (Å²) >= 11 is 27.0. The van der Waals surface area contributed by atoms with E-state index in [4.69, 9.17) is 46.4 Å². The first-order chi connectivity index (χ1) is 14.5. The highest BCUT2D eigenvalue weighted by molar-refractivity contribution is 6.39. The molecule has 8 unspecified atom stereocenters. The van der Waals surface area contributed by atoms with Gasteiger partial charge in [0, 0.05) is 12.3 Å². The van der Waals surface area contributed by atoms with Crippen LogP contribution in [0.15, 0.2) is 36.4 Å². The first-order valence-corrected chi connectivity index (χ1v) is 12.6. The van der Waals surface area contributed by atoms with Crippen molar-refractivity contribution in [2.24, 2.45) is 11.8 Å². The van der Waals surface area contributed by atoms with Crippen LogP contribution < -0.4 is 8.97 Å². The Labute approximate surface area is 205 Å². The molecule has 0 aliphatic carbocycles. The molecule has 2 aromatic carbocycles. The van der Waals surface area contributed by atoms with Crippen LogP contribution >= 0.6 is 46.4 Å². The van der Waals surface area contributed by atoms with E-state index in [-0.39, 0.29) is 5.54 Å². The molecule has 0 amide bonds. The summed E-state index contributed by atoms with van der Waals surface area (Å²) in [7, 11) is 4.67. The van der Waals surface area contributed by atoms with E-state index in [0.29, 0.717) is 30.0 Å². The molecule has 3 fully saturated rings. The number of rotatable bonds is 2. The minimum Gasteiger partial charge on any atom is -0.286 e. The summed E-state index contributed by atoms with van der Waals surface area (Å²) in [5.74, 6) is 1.14. The molecule has 166 valence electrons. The van der Waals surface area contributed by atoms with Crippen LogP contribution in [0.5, 0.6) is 0 Å². The molecule has 3 aliphatic rings. The SMILES string of the molecule is CC1CC2C(C(C)[N+]1(C)c1c(Cl)cccc1Cl)C1CC2(C)[N+]1(C)c1c(Cl)cccc1Cl. The van der Waals surface area contributed by atoms with Crippen LogP contribution in [0.3, 0.4) is 0 Å². The predicted octanol–water partition coefficient (Wildman–Crippen LogP) is 7.83. The van der Waals surface area contributed by atoms with E-state index in [1.165, 1.54) is 6.42 Å². The van der Waals surface area contributed by atoms with Gasteiger partial charge in [-0.1, -0.05) is 58.5 Å². The molecule has 6 heteroatoms. The average molecular weight is 500 g/mol. The van der Waals surface area contributed by atoms with Gasteiger partial charge in [0.1, 0.15) is 37.7 Å². The fourth-order valence-electron chi connectivity index (χ4n) is 7.86. The van der Waals surface area contributed by atoms with Crippen LogP contribution in [0.4, 0.5) is 11.4 Å². The molecule has 0 aromatic heterocycles. The van der Waals surface area contributed by atoms with E-state index >= 15 is 0 Å². The zero-order valence-corrected chi connectivity index (χ0v) is 21.7. The molecule has 2 bridgehead atoms. The van der Waals surface area contributed by atoms with E-state index in [1.54, 1.807) is 0 Å². The number of benzene rings is 2. The van der Waals surface area contributed by atoms with Crippen molar-refractivity contribution in [1.82, 2.24) is 8.97 Å². The van der Waals surface area contributed by atoms with Gasteiger partial charge in [0.2, 0.25) is 0 Å². The maximum absolute atomic E-state index is 6.76.